The van der Waals surface area contributed by atoms with Crippen LogP contribution in [-0.2, 0) is 6.42 Å². The van der Waals surface area contributed by atoms with Crippen molar-refractivity contribution in [1.29, 1.82) is 0 Å². The van der Waals surface area contributed by atoms with Gasteiger partial charge in [-0.15, -0.1) is 0 Å². The number of rotatable bonds is 1. The SMILES string of the molecule is O=C1N[C@H](CO)Cc2ccccc21. The first-order valence-electron chi connectivity index (χ1n) is 4.31. The lowest BCUT2D eigenvalue weighted by atomic mass is 9.96. The Kier molecular flexibility index (Phi) is 2.02. The smallest absolute Gasteiger partial charge is 0.251 e. The van der Waals surface area contributed by atoms with Crippen LogP contribution >= 0.6 is 0 Å². The molecular weight excluding hydrogens is 166 g/mol. The Hall–Kier alpha value is -1.35. The number of hydrogen-bond donors (Lipinski definition) is 2. The molecule has 13 heavy (non-hydrogen) atoms. The van der Waals surface area contributed by atoms with Gasteiger partial charge in [0, 0.05) is 5.56 Å². The lowest BCUT2D eigenvalue weighted by Crippen LogP contribution is -2.43. The van der Waals surface area contributed by atoms with Crippen LogP contribution in [0.15, 0.2) is 24.3 Å². The van der Waals surface area contributed by atoms with Gasteiger partial charge in [-0.3, -0.25) is 4.79 Å². The Morgan fingerprint density at radius 1 is 1.46 bits per heavy atom. The van der Waals surface area contributed by atoms with E-state index in [1.54, 1.807) is 6.07 Å². The highest BCUT2D eigenvalue weighted by Gasteiger charge is 2.22. The van der Waals surface area contributed by atoms with Gasteiger partial charge in [-0.25, -0.2) is 0 Å². The summed E-state index contributed by atoms with van der Waals surface area (Å²) in [6.45, 7) is 0.0000737. The molecule has 68 valence electrons. The highest BCUT2D eigenvalue weighted by molar-refractivity contribution is 5.96. The fourth-order valence-electron chi connectivity index (χ4n) is 1.61. The van der Waals surface area contributed by atoms with Crippen LogP contribution in [-0.4, -0.2) is 23.7 Å². The zero-order valence-corrected chi connectivity index (χ0v) is 7.16. The molecule has 3 heteroatoms. The van der Waals surface area contributed by atoms with Gasteiger partial charge in [0.2, 0.25) is 0 Å². The van der Waals surface area contributed by atoms with Crippen LogP contribution in [0.3, 0.4) is 0 Å². The molecular formula is C10H11NO2. The molecule has 1 aliphatic rings. The molecule has 3 nitrogen and oxygen atoms in total. The van der Waals surface area contributed by atoms with Gasteiger partial charge in [0.1, 0.15) is 0 Å². The van der Waals surface area contributed by atoms with Gasteiger partial charge in [-0.05, 0) is 18.1 Å². The monoisotopic (exact) mass is 177 g/mol. The third-order valence-electron chi connectivity index (χ3n) is 2.28. The average molecular weight is 177 g/mol. The Morgan fingerprint density at radius 2 is 2.23 bits per heavy atom. The maximum absolute atomic E-state index is 11.4. The van der Waals surface area contributed by atoms with Crippen LogP contribution in [0.5, 0.6) is 0 Å². The van der Waals surface area contributed by atoms with Crippen LogP contribution in [0.4, 0.5) is 0 Å². The standard InChI is InChI=1S/C10H11NO2/c12-6-8-5-7-3-1-2-4-9(7)10(13)11-8/h1-4,8,12H,5-6H2,(H,11,13)/t8-/m0/s1. The molecule has 0 unspecified atom stereocenters. The number of carbonyl (C=O) groups excluding carboxylic acids is 1. The summed E-state index contributed by atoms with van der Waals surface area (Å²) in [6.07, 6.45) is 0.721. The number of nitrogens with one attached hydrogen (secondary N) is 1. The molecule has 2 rings (SSSR count). The summed E-state index contributed by atoms with van der Waals surface area (Å²) in [5.41, 5.74) is 1.75. The largest absolute Gasteiger partial charge is 0.394 e. The molecule has 1 aliphatic heterocycles. The number of aliphatic hydroxyl groups excluding tert-OH is 1. The third kappa shape index (κ3) is 1.42. The molecule has 1 heterocycles. The second-order valence-electron chi connectivity index (χ2n) is 3.21. The van der Waals surface area contributed by atoms with Crippen LogP contribution in [0.2, 0.25) is 0 Å². The van der Waals surface area contributed by atoms with Crippen molar-refractivity contribution in [2.24, 2.45) is 0 Å². The molecule has 1 aromatic rings. The van der Waals surface area contributed by atoms with Gasteiger partial charge < -0.3 is 10.4 Å². The molecule has 1 amide bonds. The van der Waals surface area contributed by atoms with Crippen molar-refractivity contribution in [3.63, 3.8) is 0 Å². The average Bonchev–Trinajstić information content (AvgIpc) is 2.18. The summed E-state index contributed by atoms with van der Waals surface area (Å²) in [7, 11) is 0. The minimum absolute atomic E-state index is 0.0000737. The Balaban J connectivity index is 2.37. The van der Waals surface area contributed by atoms with Crippen LogP contribution in [0.25, 0.3) is 0 Å². The van der Waals surface area contributed by atoms with Gasteiger partial charge >= 0.3 is 0 Å². The van der Waals surface area contributed by atoms with Crippen molar-refractivity contribution in [2.45, 2.75) is 12.5 Å². The fourth-order valence-corrected chi connectivity index (χ4v) is 1.61. The Bertz CT molecular complexity index is 335. The van der Waals surface area contributed by atoms with E-state index in [0.717, 1.165) is 17.5 Å². The number of fused-ring (bicyclic) bond motifs is 1. The molecule has 0 aromatic heterocycles. The summed E-state index contributed by atoms with van der Waals surface area (Å²) < 4.78 is 0. The van der Waals surface area contributed by atoms with Gasteiger partial charge in [0.05, 0.1) is 12.6 Å². The van der Waals surface area contributed by atoms with Crippen molar-refractivity contribution >= 4 is 5.91 Å². The third-order valence-corrected chi connectivity index (χ3v) is 2.28. The number of amides is 1. The summed E-state index contributed by atoms with van der Waals surface area (Å²) in [5.74, 6) is -0.0825. The molecule has 0 aliphatic carbocycles. The van der Waals surface area contributed by atoms with E-state index in [2.05, 4.69) is 5.32 Å². The molecule has 0 bridgehead atoms. The van der Waals surface area contributed by atoms with E-state index in [1.807, 2.05) is 18.2 Å². The minimum Gasteiger partial charge on any atom is -0.394 e. The Labute approximate surface area is 76.4 Å². The van der Waals surface area contributed by atoms with E-state index in [9.17, 15) is 4.79 Å². The van der Waals surface area contributed by atoms with Crippen LogP contribution in [0, 0.1) is 0 Å². The first kappa shape index (κ1) is 8.26. The lowest BCUT2D eigenvalue weighted by molar-refractivity contribution is 0.0901. The second kappa shape index (κ2) is 3.18. The van der Waals surface area contributed by atoms with Gasteiger partial charge in [-0.1, -0.05) is 18.2 Å². The molecule has 0 spiro atoms. The summed E-state index contributed by atoms with van der Waals surface area (Å²) in [5, 5.41) is 11.7. The van der Waals surface area contributed by atoms with Crippen molar-refractivity contribution in [3.05, 3.63) is 35.4 Å². The molecule has 1 aromatic carbocycles. The topological polar surface area (TPSA) is 49.3 Å². The predicted molar refractivity (Wildman–Crippen MR) is 48.5 cm³/mol. The van der Waals surface area contributed by atoms with E-state index in [-0.39, 0.29) is 18.6 Å². The van der Waals surface area contributed by atoms with Crippen molar-refractivity contribution in [2.75, 3.05) is 6.61 Å². The minimum atomic E-state index is -0.123. The van der Waals surface area contributed by atoms with Crippen molar-refractivity contribution < 1.29 is 9.90 Å². The molecule has 0 saturated heterocycles. The van der Waals surface area contributed by atoms with Crippen LogP contribution in [0.1, 0.15) is 15.9 Å². The summed E-state index contributed by atoms with van der Waals surface area (Å²) in [6, 6.07) is 7.36. The van der Waals surface area contributed by atoms with Crippen molar-refractivity contribution in [1.82, 2.24) is 5.32 Å². The second-order valence-corrected chi connectivity index (χ2v) is 3.21. The van der Waals surface area contributed by atoms with Crippen molar-refractivity contribution in [3.8, 4) is 0 Å². The van der Waals surface area contributed by atoms with E-state index in [0.29, 0.717) is 0 Å². The quantitative estimate of drug-likeness (QED) is 0.649. The highest BCUT2D eigenvalue weighted by Crippen LogP contribution is 2.15. The molecule has 2 N–H and O–H groups in total. The molecule has 0 saturated carbocycles. The number of carbonyl (C=O) groups is 1. The lowest BCUT2D eigenvalue weighted by Gasteiger charge is -2.23. The normalized spacial score (nSPS) is 20.7. The first-order valence-corrected chi connectivity index (χ1v) is 4.31. The number of hydrogen-bond acceptors (Lipinski definition) is 2. The molecule has 0 radical (unpaired) electrons. The maximum atomic E-state index is 11.4. The van der Waals surface area contributed by atoms with Gasteiger partial charge in [0.15, 0.2) is 0 Å². The Morgan fingerprint density at radius 3 is 3.00 bits per heavy atom. The van der Waals surface area contributed by atoms with E-state index < -0.39 is 0 Å². The van der Waals surface area contributed by atoms with E-state index in [4.69, 9.17) is 5.11 Å². The maximum Gasteiger partial charge on any atom is 0.251 e. The zero-order valence-electron chi connectivity index (χ0n) is 7.16. The summed E-state index contributed by atoms with van der Waals surface area (Å²) in [4.78, 5) is 11.4. The van der Waals surface area contributed by atoms with Gasteiger partial charge in [0.25, 0.3) is 5.91 Å². The number of benzene rings is 1. The fraction of sp³-hybridized carbons (Fsp3) is 0.300. The van der Waals surface area contributed by atoms with Gasteiger partial charge in [-0.2, -0.15) is 0 Å². The zero-order chi connectivity index (χ0) is 9.26. The van der Waals surface area contributed by atoms with E-state index in [1.165, 1.54) is 0 Å². The molecule has 0 fully saturated rings. The highest BCUT2D eigenvalue weighted by atomic mass is 16.3. The van der Waals surface area contributed by atoms with E-state index >= 15 is 0 Å². The number of aliphatic hydroxyl groups is 1. The predicted octanol–water partition coefficient (Wildman–Crippen LogP) is 0.333. The molecule has 1 atom stereocenters. The van der Waals surface area contributed by atoms with Crippen LogP contribution < -0.4 is 5.32 Å². The first-order chi connectivity index (χ1) is 6.31. The summed E-state index contributed by atoms with van der Waals surface area (Å²) >= 11 is 0.